The van der Waals surface area contributed by atoms with Gasteiger partial charge >= 0.3 is 0 Å². The molecular weight excluding hydrogens is 479 g/mol. The van der Waals surface area contributed by atoms with E-state index in [0.29, 0.717) is 6.04 Å². The summed E-state index contributed by atoms with van der Waals surface area (Å²) in [6.07, 6.45) is 6.13. The first-order valence-electron chi connectivity index (χ1n) is 9.68. The fourth-order valence-corrected chi connectivity index (χ4v) is 4.94. The first-order valence-corrected chi connectivity index (χ1v) is 10.9. The fraction of sp³-hybridized carbons (Fsp3) is 0.455. The van der Waals surface area contributed by atoms with Gasteiger partial charge in [0.25, 0.3) is 0 Å². The first-order chi connectivity index (χ1) is 12.7. The Morgan fingerprint density at radius 3 is 2.57 bits per heavy atom. The highest BCUT2D eigenvalue weighted by atomic mass is 79.9. The van der Waals surface area contributed by atoms with E-state index in [4.69, 9.17) is 11.6 Å². The second-order valence-corrected chi connectivity index (χ2v) is 9.01. The maximum absolute atomic E-state index is 6.17. The van der Waals surface area contributed by atoms with Gasteiger partial charge in [-0.15, -0.1) is 24.8 Å². The van der Waals surface area contributed by atoms with Crippen LogP contribution in [-0.4, -0.2) is 30.6 Å². The van der Waals surface area contributed by atoms with E-state index >= 15 is 0 Å². The number of para-hydroxylation sites is 1. The van der Waals surface area contributed by atoms with Gasteiger partial charge in [0.15, 0.2) is 0 Å². The Morgan fingerprint density at radius 1 is 1.04 bits per heavy atom. The third kappa shape index (κ3) is 6.03. The quantitative estimate of drug-likeness (QED) is 0.501. The van der Waals surface area contributed by atoms with E-state index in [1.807, 2.05) is 6.07 Å². The van der Waals surface area contributed by atoms with Crippen molar-refractivity contribution in [1.82, 2.24) is 4.90 Å². The van der Waals surface area contributed by atoms with Gasteiger partial charge < -0.3 is 10.2 Å². The first kappa shape index (κ1) is 23.8. The van der Waals surface area contributed by atoms with Crippen molar-refractivity contribution in [2.75, 3.05) is 25.0 Å². The highest BCUT2D eigenvalue weighted by Crippen LogP contribution is 2.29. The molecule has 2 aliphatic heterocycles. The predicted octanol–water partition coefficient (Wildman–Crippen LogP) is 6.63. The van der Waals surface area contributed by atoms with Crippen LogP contribution in [0.3, 0.4) is 0 Å². The normalized spacial score (nSPS) is 19.7. The van der Waals surface area contributed by atoms with Gasteiger partial charge in [-0.1, -0.05) is 45.7 Å². The molecule has 0 aromatic heterocycles. The Hall–Kier alpha value is -0.450. The van der Waals surface area contributed by atoms with Gasteiger partial charge in [-0.3, -0.25) is 0 Å². The van der Waals surface area contributed by atoms with Gasteiger partial charge in [-0.05, 0) is 86.5 Å². The molecule has 4 rings (SSSR count). The molecule has 2 aromatic rings. The molecule has 1 atom stereocenters. The summed E-state index contributed by atoms with van der Waals surface area (Å²) < 4.78 is 1.19. The van der Waals surface area contributed by atoms with Crippen LogP contribution in [0.25, 0.3) is 0 Å². The smallest absolute Gasteiger partial charge is 0.0409 e. The maximum Gasteiger partial charge on any atom is 0.0409 e. The standard InChI is InChI=1S/C22H26BrClN2.2ClH/c23-21-8-6-19(24)14-18(21)13-16-9-11-26(12-10-16)15-20-7-5-17-3-1-2-4-22(17)25-20;;/h1-4,6,8,14,16,20,25H,5,7,9-13,15H2;2*1H. The van der Waals surface area contributed by atoms with Crippen molar-refractivity contribution in [2.24, 2.45) is 5.92 Å². The van der Waals surface area contributed by atoms with E-state index in [-0.39, 0.29) is 24.8 Å². The van der Waals surface area contributed by atoms with Crippen LogP contribution < -0.4 is 5.32 Å². The molecule has 154 valence electrons. The number of halogens is 4. The van der Waals surface area contributed by atoms with Crippen LogP contribution in [0.2, 0.25) is 5.02 Å². The molecular formula is C22H28BrCl3N2. The van der Waals surface area contributed by atoms with Crippen molar-refractivity contribution in [3.8, 4) is 0 Å². The van der Waals surface area contributed by atoms with E-state index < -0.39 is 0 Å². The molecule has 2 nitrogen and oxygen atoms in total. The number of nitrogens with one attached hydrogen (secondary N) is 1. The molecule has 0 bridgehead atoms. The average Bonchev–Trinajstić information content (AvgIpc) is 2.66. The summed E-state index contributed by atoms with van der Waals surface area (Å²) >= 11 is 9.84. The van der Waals surface area contributed by atoms with Crippen molar-refractivity contribution < 1.29 is 0 Å². The number of likely N-dealkylation sites (tertiary alicyclic amines) is 1. The Kier molecular flexibility index (Phi) is 9.43. The lowest BCUT2D eigenvalue weighted by Crippen LogP contribution is -2.43. The van der Waals surface area contributed by atoms with Crippen molar-refractivity contribution in [2.45, 2.75) is 38.1 Å². The Morgan fingerprint density at radius 2 is 1.79 bits per heavy atom. The topological polar surface area (TPSA) is 15.3 Å². The monoisotopic (exact) mass is 504 g/mol. The summed E-state index contributed by atoms with van der Waals surface area (Å²) in [6.45, 7) is 3.59. The highest BCUT2D eigenvalue weighted by Gasteiger charge is 2.24. The largest absolute Gasteiger partial charge is 0.381 e. The number of benzene rings is 2. The van der Waals surface area contributed by atoms with Crippen LogP contribution in [0.1, 0.15) is 30.4 Å². The lowest BCUT2D eigenvalue weighted by atomic mass is 9.89. The number of hydrogen-bond donors (Lipinski definition) is 1. The molecule has 2 aromatic carbocycles. The SMILES string of the molecule is Cl.Cl.Clc1ccc(Br)c(CC2CCN(CC3CCc4ccccc4N3)CC2)c1. The molecule has 0 amide bonds. The number of piperidine rings is 1. The van der Waals surface area contributed by atoms with Crippen molar-refractivity contribution >= 4 is 58.0 Å². The summed E-state index contributed by atoms with van der Waals surface area (Å²) in [4.78, 5) is 2.65. The zero-order valence-corrected chi connectivity index (χ0v) is 19.8. The molecule has 28 heavy (non-hydrogen) atoms. The van der Waals surface area contributed by atoms with Crippen LogP contribution in [0, 0.1) is 5.92 Å². The molecule has 1 saturated heterocycles. The van der Waals surface area contributed by atoms with Gasteiger partial charge in [0, 0.05) is 27.8 Å². The lowest BCUT2D eigenvalue weighted by molar-refractivity contribution is 0.175. The van der Waals surface area contributed by atoms with Crippen molar-refractivity contribution in [3.63, 3.8) is 0 Å². The minimum absolute atomic E-state index is 0. The van der Waals surface area contributed by atoms with Crippen LogP contribution >= 0.6 is 52.3 Å². The molecule has 0 radical (unpaired) electrons. The second-order valence-electron chi connectivity index (χ2n) is 7.72. The fourth-order valence-electron chi connectivity index (χ4n) is 4.33. The molecule has 0 aliphatic carbocycles. The van der Waals surface area contributed by atoms with Crippen LogP contribution in [0.5, 0.6) is 0 Å². The zero-order chi connectivity index (χ0) is 17.9. The van der Waals surface area contributed by atoms with E-state index in [1.54, 1.807) is 0 Å². The number of anilines is 1. The van der Waals surface area contributed by atoms with Crippen LogP contribution in [0.15, 0.2) is 46.9 Å². The summed E-state index contributed by atoms with van der Waals surface area (Å²) in [6, 6.07) is 15.5. The minimum Gasteiger partial charge on any atom is -0.381 e. The van der Waals surface area contributed by atoms with E-state index in [2.05, 4.69) is 62.5 Å². The van der Waals surface area contributed by atoms with E-state index in [9.17, 15) is 0 Å². The highest BCUT2D eigenvalue weighted by molar-refractivity contribution is 9.10. The lowest BCUT2D eigenvalue weighted by Gasteiger charge is -2.36. The third-order valence-corrected chi connectivity index (χ3v) is 6.85. The Balaban J connectivity index is 0.00000140. The van der Waals surface area contributed by atoms with Gasteiger partial charge in [0.1, 0.15) is 0 Å². The van der Waals surface area contributed by atoms with Gasteiger partial charge in [-0.25, -0.2) is 0 Å². The maximum atomic E-state index is 6.17. The second kappa shape index (κ2) is 11.1. The molecule has 2 aliphatic rings. The summed E-state index contributed by atoms with van der Waals surface area (Å²) in [7, 11) is 0. The van der Waals surface area contributed by atoms with Gasteiger partial charge in [0.2, 0.25) is 0 Å². The molecule has 1 N–H and O–H groups in total. The Labute approximate surface area is 194 Å². The average molecular weight is 507 g/mol. The molecule has 6 heteroatoms. The summed E-state index contributed by atoms with van der Waals surface area (Å²) in [5.41, 5.74) is 4.15. The number of fused-ring (bicyclic) bond motifs is 1. The molecule has 1 fully saturated rings. The Bertz CT molecular complexity index is 763. The summed E-state index contributed by atoms with van der Waals surface area (Å²) in [5.74, 6) is 0.765. The number of rotatable bonds is 4. The molecule has 0 saturated carbocycles. The number of aryl methyl sites for hydroxylation is 1. The molecule has 1 unspecified atom stereocenters. The van der Waals surface area contributed by atoms with Crippen molar-refractivity contribution in [3.05, 3.63) is 63.1 Å². The zero-order valence-electron chi connectivity index (χ0n) is 15.9. The summed E-state index contributed by atoms with van der Waals surface area (Å²) in [5, 5.41) is 4.58. The predicted molar refractivity (Wildman–Crippen MR) is 129 cm³/mol. The van der Waals surface area contributed by atoms with Crippen molar-refractivity contribution in [1.29, 1.82) is 0 Å². The third-order valence-electron chi connectivity index (χ3n) is 5.84. The molecule has 0 spiro atoms. The number of nitrogens with zero attached hydrogens (tertiary/aromatic N) is 1. The van der Waals surface area contributed by atoms with Crippen LogP contribution in [0.4, 0.5) is 5.69 Å². The van der Waals surface area contributed by atoms with Gasteiger partial charge in [0.05, 0.1) is 0 Å². The van der Waals surface area contributed by atoms with Crippen LogP contribution in [-0.2, 0) is 12.8 Å². The van der Waals surface area contributed by atoms with E-state index in [1.165, 1.54) is 66.6 Å². The molecule has 2 heterocycles. The number of hydrogen-bond acceptors (Lipinski definition) is 2. The van der Waals surface area contributed by atoms with Gasteiger partial charge in [-0.2, -0.15) is 0 Å². The van der Waals surface area contributed by atoms with E-state index in [0.717, 1.165) is 17.4 Å². The minimum atomic E-state index is 0.